The predicted octanol–water partition coefficient (Wildman–Crippen LogP) is 4.84. The molecule has 0 aliphatic heterocycles. The lowest BCUT2D eigenvalue weighted by molar-refractivity contribution is -0.140. The van der Waals surface area contributed by atoms with Gasteiger partial charge in [0, 0.05) is 28.9 Å². The maximum Gasteiger partial charge on any atom is 0.251 e. The van der Waals surface area contributed by atoms with Crippen molar-refractivity contribution in [2.45, 2.75) is 88.8 Å². The number of anilines is 1. The Morgan fingerprint density at radius 2 is 1.85 bits per heavy atom. The molecule has 0 atom stereocenters. The molecule has 0 saturated heterocycles. The monoisotopic (exact) mass is 570 g/mol. The summed E-state index contributed by atoms with van der Waals surface area (Å²) in [6.45, 7) is 7.26. The zero-order chi connectivity index (χ0) is 29.0. The first-order valence-corrected chi connectivity index (χ1v) is 14.9. The summed E-state index contributed by atoms with van der Waals surface area (Å²) in [5.74, 6) is -0.304. The van der Waals surface area contributed by atoms with Gasteiger partial charge in [-0.05, 0) is 90.5 Å². The highest BCUT2D eigenvalue weighted by Crippen LogP contribution is 2.54. The van der Waals surface area contributed by atoms with Gasteiger partial charge in [0.05, 0.1) is 34.2 Å². The molecule has 3 saturated carbocycles. The van der Waals surface area contributed by atoms with Crippen molar-refractivity contribution in [3.63, 3.8) is 0 Å². The topological polar surface area (TPSA) is 141 Å². The molecule has 7 rings (SSSR count). The fourth-order valence-corrected chi connectivity index (χ4v) is 7.23. The zero-order valence-electron chi connectivity index (χ0n) is 23.7. The molecule has 4 aromatic heterocycles. The first-order chi connectivity index (χ1) is 19.5. The van der Waals surface area contributed by atoms with E-state index in [9.17, 15) is 15.2 Å². The second-order valence-electron chi connectivity index (χ2n) is 12.3. The van der Waals surface area contributed by atoms with Crippen LogP contribution < -0.4 is 10.6 Å². The zero-order valence-corrected chi connectivity index (χ0v) is 24.5. The van der Waals surface area contributed by atoms with Crippen LogP contribution in [0, 0.1) is 11.3 Å². The largest absolute Gasteiger partial charge is 0.382 e. The highest BCUT2D eigenvalue weighted by molar-refractivity contribution is 7.14. The van der Waals surface area contributed by atoms with Gasteiger partial charge in [-0.25, -0.2) is 4.52 Å². The van der Waals surface area contributed by atoms with E-state index in [4.69, 9.17) is 10.1 Å². The van der Waals surface area contributed by atoms with E-state index in [1.54, 1.807) is 22.0 Å². The molecule has 11 heteroatoms. The highest BCUT2D eigenvalue weighted by Gasteiger charge is 2.52. The normalized spacial score (nSPS) is 22.2. The van der Waals surface area contributed by atoms with E-state index in [-0.39, 0.29) is 22.9 Å². The number of carbonyl (C=O) groups is 1. The lowest BCUT2D eigenvalue weighted by Gasteiger charge is -2.53. The van der Waals surface area contributed by atoms with E-state index in [0.29, 0.717) is 5.56 Å². The third kappa shape index (κ3) is 4.96. The van der Waals surface area contributed by atoms with Crippen LogP contribution in [0.5, 0.6) is 0 Å². The number of rotatable bonds is 7. The van der Waals surface area contributed by atoms with Crippen LogP contribution in [0.2, 0.25) is 0 Å². The Bertz CT molecular complexity index is 1650. The van der Waals surface area contributed by atoms with Gasteiger partial charge in [0.1, 0.15) is 16.7 Å². The van der Waals surface area contributed by atoms with Gasteiger partial charge < -0.3 is 15.7 Å². The summed E-state index contributed by atoms with van der Waals surface area (Å²) in [6.07, 6.45) is 8.82. The molecule has 3 aliphatic rings. The molecule has 0 spiro atoms. The van der Waals surface area contributed by atoms with Crippen LogP contribution in [-0.2, 0) is 10.2 Å². The Labute approximate surface area is 242 Å². The van der Waals surface area contributed by atoms with Gasteiger partial charge in [-0.3, -0.25) is 9.78 Å². The van der Waals surface area contributed by atoms with Crippen LogP contribution in [-0.4, -0.2) is 53.0 Å². The molecule has 3 aliphatic carbocycles. The average molecular weight is 571 g/mol. The summed E-state index contributed by atoms with van der Waals surface area (Å²) in [6, 6.07) is 10.1. The van der Waals surface area contributed by atoms with E-state index in [1.165, 1.54) is 13.8 Å². The number of hydrogen-bond acceptors (Lipinski definition) is 9. The standard InChI is InChI=1S/C30H34N8O2S/c1-18(2)34-22-14-23(24-6-5-20-13-19(15-31)16-33-38(20)24)32-17-21(22)25-36-37-27(41-25)29-7-10-30(11-8-29,12-9-29)35-26(39)28(3,4)40/h5-6,13-14,16-18,40H,7-12H2,1-4H3,(H,32,34)(H,35,39). The molecule has 3 N–H and O–H groups in total. The van der Waals surface area contributed by atoms with E-state index >= 15 is 0 Å². The van der Waals surface area contributed by atoms with Crippen LogP contribution in [0.25, 0.3) is 27.5 Å². The Morgan fingerprint density at radius 3 is 2.51 bits per heavy atom. The maximum absolute atomic E-state index is 12.5. The van der Waals surface area contributed by atoms with Crippen molar-refractivity contribution in [1.82, 2.24) is 30.1 Å². The molecule has 10 nitrogen and oxygen atoms in total. The molecule has 0 aromatic carbocycles. The Morgan fingerprint density at radius 1 is 1.12 bits per heavy atom. The minimum absolute atomic E-state index is 0.0328. The van der Waals surface area contributed by atoms with Crippen molar-refractivity contribution >= 4 is 28.4 Å². The number of fused-ring (bicyclic) bond motifs is 4. The van der Waals surface area contributed by atoms with Crippen molar-refractivity contribution in [2.24, 2.45) is 0 Å². The second kappa shape index (κ2) is 9.89. The van der Waals surface area contributed by atoms with Crippen LogP contribution in [0.1, 0.15) is 76.8 Å². The van der Waals surface area contributed by atoms with Gasteiger partial charge in [-0.2, -0.15) is 10.4 Å². The first-order valence-electron chi connectivity index (χ1n) is 14.1. The van der Waals surface area contributed by atoms with Crippen molar-refractivity contribution in [1.29, 1.82) is 5.26 Å². The average Bonchev–Trinajstić information content (AvgIpc) is 3.61. The quantitative estimate of drug-likeness (QED) is 0.287. The lowest BCUT2D eigenvalue weighted by Crippen LogP contribution is -2.60. The number of aliphatic hydroxyl groups is 1. The molecule has 1 amide bonds. The number of hydrogen-bond donors (Lipinski definition) is 3. The van der Waals surface area contributed by atoms with Crippen LogP contribution >= 0.6 is 11.3 Å². The number of aromatic nitrogens is 5. The van der Waals surface area contributed by atoms with E-state index in [1.807, 2.05) is 30.5 Å². The van der Waals surface area contributed by atoms with Crippen LogP contribution in [0.3, 0.4) is 0 Å². The summed E-state index contributed by atoms with van der Waals surface area (Å²) in [5.41, 5.74) is 3.12. The van der Waals surface area contributed by atoms with Crippen molar-refractivity contribution < 1.29 is 9.90 Å². The third-order valence-corrected chi connectivity index (χ3v) is 9.73. The molecule has 41 heavy (non-hydrogen) atoms. The molecule has 0 unspecified atom stereocenters. The summed E-state index contributed by atoms with van der Waals surface area (Å²) < 4.78 is 1.79. The summed E-state index contributed by atoms with van der Waals surface area (Å²) >= 11 is 1.63. The van der Waals surface area contributed by atoms with Gasteiger partial charge in [-0.15, -0.1) is 10.2 Å². The molecular formula is C30H34N8O2S. The van der Waals surface area contributed by atoms with Gasteiger partial charge >= 0.3 is 0 Å². The van der Waals surface area contributed by atoms with E-state index in [0.717, 1.165) is 76.7 Å². The Hall–Kier alpha value is -3.88. The second-order valence-corrected chi connectivity index (χ2v) is 13.3. The molecule has 212 valence electrons. The molecular weight excluding hydrogens is 536 g/mol. The molecule has 4 aromatic rings. The van der Waals surface area contributed by atoms with Crippen molar-refractivity contribution in [3.05, 3.63) is 47.2 Å². The number of pyridine rings is 1. The fourth-order valence-electron chi connectivity index (χ4n) is 6.08. The lowest BCUT2D eigenvalue weighted by atomic mass is 9.57. The maximum atomic E-state index is 12.5. The summed E-state index contributed by atoms with van der Waals surface area (Å²) in [7, 11) is 0. The van der Waals surface area contributed by atoms with Crippen molar-refractivity contribution in [3.8, 4) is 28.0 Å². The van der Waals surface area contributed by atoms with Gasteiger partial charge in [0.2, 0.25) is 0 Å². The number of nitrogens with zero attached hydrogens (tertiary/aromatic N) is 6. The SMILES string of the molecule is CC(C)Nc1cc(-c2ccc3cc(C#N)cnn23)ncc1-c1nnc(C23CCC(NC(=O)C(C)(C)O)(CC2)CC3)s1. The van der Waals surface area contributed by atoms with E-state index in [2.05, 4.69) is 40.7 Å². The third-order valence-electron chi connectivity index (χ3n) is 8.53. The minimum Gasteiger partial charge on any atom is -0.382 e. The van der Waals surface area contributed by atoms with E-state index < -0.39 is 5.60 Å². The Balaban J connectivity index is 1.27. The minimum atomic E-state index is -1.38. The number of carbonyl (C=O) groups excluding carboxylic acids is 1. The first kappa shape index (κ1) is 27.3. The van der Waals surface area contributed by atoms with Crippen LogP contribution in [0.15, 0.2) is 36.7 Å². The van der Waals surface area contributed by atoms with Crippen molar-refractivity contribution in [2.75, 3.05) is 5.32 Å². The summed E-state index contributed by atoms with van der Waals surface area (Å²) in [5, 5.41) is 41.7. The van der Waals surface area contributed by atoms with Crippen LogP contribution in [0.4, 0.5) is 5.69 Å². The van der Waals surface area contributed by atoms with Gasteiger partial charge in [0.15, 0.2) is 5.01 Å². The smallest absolute Gasteiger partial charge is 0.251 e. The molecule has 2 bridgehead atoms. The molecule has 0 radical (unpaired) electrons. The number of nitriles is 1. The predicted molar refractivity (Wildman–Crippen MR) is 157 cm³/mol. The molecule has 3 fully saturated rings. The van der Waals surface area contributed by atoms with Gasteiger partial charge in [-0.1, -0.05) is 11.3 Å². The number of nitrogens with one attached hydrogen (secondary N) is 2. The number of amides is 1. The fraction of sp³-hybridized carbons (Fsp3) is 0.467. The molecule has 4 heterocycles. The summed E-state index contributed by atoms with van der Waals surface area (Å²) in [4.78, 5) is 17.3. The van der Waals surface area contributed by atoms with Gasteiger partial charge in [0.25, 0.3) is 5.91 Å². The Kier molecular flexibility index (Phi) is 6.58. The highest BCUT2D eigenvalue weighted by atomic mass is 32.1.